The van der Waals surface area contributed by atoms with E-state index in [1.165, 1.54) is 7.05 Å². The van der Waals surface area contributed by atoms with E-state index in [1.54, 1.807) is 12.0 Å². The third-order valence-corrected chi connectivity index (χ3v) is 4.51. The Morgan fingerprint density at radius 2 is 2.07 bits per heavy atom. The van der Waals surface area contributed by atoms with Crippen molar-refractivity contribution in [1.82, 2.24) is 15.5 Å². The Balaban J connectivity index is 2.16. The summed E-state index contributed by atoms with van der Waals surface area (Å²) in [5.74, 6) is 0.0879. The first-order valence-electron chi connectivity index (χ1n) is 8.23. The number of hydrogen-bond donors (Lipinski definition) is 2. The Morgan fingerprint density at radius 1 is 1.37 bits per heavy atom. The molecule has 1 aromatic rings. The van der Waals surface area contributed by atoms with E-state index in [9.17, 15) is 18.0 Å². The van der Waals surface area contributed by atoms with Gasteiger partial charge in [-0.15, -0.1) is 0 Å². The number of amides is 3. The van der Waals surface area contributed by atoms with Gasteiger partial charge < -0.3 is 14.8 Å². The normalized spacial score (nSPS) is 18.2. The summed E-state index contributed by atoms with van der Waals surface area (Å²) in [7, 11) is 0.307. The van der Waals surface area contributed by atoms with Crippen LogP contribution in [-0.2, 0) is 20.0 Å². The first-order chi connectivity index (χ1) is 12.9. The molecular weight excluding hydrogens is 376 g/mol. The molecule has 1 fully saturated rings. The van der Waals surface area contributed by atoms with Crippen LogP contribution >= 0.6 is 0 Å². The fraction of sp³-hybridized carbons (Fsp3) is 0.500. The third kappa shape index (κ3) is 6.01. The zero-order valence-electron chi connectivity index (χ0n) is 15.0. The minimum atomic E-state index is -2.65. The highest BCUT2D eigenvalue weighted by molar-refractivity contribution is 7.61. The summed E-state index contributed by atoms with van der Waals surface area (Å²) in [6.45, 7) is 0.813. The maximum atomic E-state index is 12.4. The molecule has 0 radical (unpaired) electrons. The Bertz CT molecular complexity index is 788. The monoisotopic (exact) mass is 398 g/mol. The number of benzene rings is 1. The summed E-state index contributed by atoms with van der Waals surface area (Å²) < 4.78 is 35.9. The Hall–Kier alpha value is -2.50. The number of nitrogens with one attached hydrogen (secondary N) is 2. The van der Waals surface area contributed by atoms with Gasteiger partial charge in [0.2, 0.25) is 5.91 Å². The molecule has 2 N–H and O–H groups in total. The van der Waals surface area contributed by atoms with Gasteiger partial charge in [0.15, 0.2) is 0 Å². The van der Waals surface area contributed by atoms with E-state index >= 15 is 0 Å². The maximum Gasteiger partial charge on any atom is 0.321 e. The predicted molar refractivity (Wildman–Crippen MR) is 95.9 cm³/mol. The van der Waals surface area contributed by atoms with Crippen LogP contribution in [0.15, 0.2) is 28.6 Å². The molecule has 0 aromatic heterocycles. The second kappa shape index (κ2) is 10.00. The van der Waals surface area contributed by atoms with Crippen molar-refractivity contribution < 1.29 is 27.5 Å². The SMILES string of the molecule is CNC(=O)NC(=O)C(CN=S(=O)=O)N1CCOC(c2ccc(OC)cc2)C1. The van der Waals surface area contributed by atoms with E-state index in [1.807, 2.05) is 24.3 Å². The highest BCUT2D eigenvalue weighted by Gasteiger charge is 2.32. The summed E-state index contributed by atoms with van der Waals surface area (Å²) in [6, 6.07) is 5.76. The van der Waals surface area contributed by atoms with Gasteiger partial charge in [0.05, 0.1) is 26.4 Å². The van der Waals surface area contributed by atoms with E-state index in [0.29, 0.717) is 25.4 Å². The summed E-state index contributed by atoms with van der Waals surface area (Å²) >= 11 is 0. The summed E-state index contributed by atoms with van der Waals surface area (Å²) in [6.07, 6.45) is -0.308. The van der Waals surface area contributed by atoms with Crippen LogP contribution in [0.4, 0.5) is 4.79 Å². The van der Waals surface area contributed by atoms with Crippen LogP contribution in [0, 0.1) is 0 Å². The summed E-state index contributed by atoms with van der Waals surface area (Å²) in [5, 5.41) is 4.46. The number of carbonyl (C=O) groups is 2. The molecule has 0 saturated carbocycles. The Kier molecular flexibility index (Phi) is 7.70. The molecule has 2 rings (SSSR count). The zero-order chi connectivity index (χ0) is 19.8. The van der Waals surface area contributed by atoms with Crippen molar-refractivity contribution in [3.8, 4) is 5.75 Å². The van der Waals surface area contributed by atoms with Gasteiger partial charge in [-0.1, -0.05) is 12.1 Å². The van der Waals surface area contributed by atoms with Crippen molar-refractivity contribution in [1.29, 1.82) is 0 Å². The molecule has 148 valence electrons. The lowest BCUT2D eigenvalue weighted by atomic mass is 10.1. The largest absolute Gasteiger partial charge is 0.497 e. The molecule has 2 atom stereocenters. The van der Waals surface area contributed by atoms with Gasteiger partial charge in [-0.05, 0) is 17.7 Å². The van der Waals surface area contributed by atoms with Gasteiger partial charge in [0, 0.05) is 20.1 Å². The smallest absolute Gasteiger partial charge is 0.321 e. The van der Waals surface area contributed by atoms with Crippen LogP contribution in [0.3, 0.4) is 0 Å². The highest BCUT2D eigenvalue weighted by atomic mass is 32.2. The molecule has 11 heteroatoms. The average molecular weight is 398 g/mol. The van der Waals surface area contributed by atoms with Gasteiger partial charge in [-0.25, -0.2) is 4.79 Å². The molecule has 10 nitrogen and oxygen atoms in total. The molecule has 2 unspecified atom stereocenters. The fourth-order valence-corrected chi connectivity index (χ4v) is 2.99. The van der Waals surface area contributed by atoms with Crippen LogP contribution in [0.5, 0.6) is 5.75 Å². The lowest BCUT2D eigenvalue weighted by Crippen LogP contribution is -2.55. The van der Waals surface area contributed by atoms with Crippen LogP contribution < -0.4 is 15.4 Å². The van der Waals surface area contributed by atoms with Crippen molar-refractivity contribution in [3.63, 3.8) is 0 Å². The lowest BCUT2D eigenvalue weighted by molar-refractivity contribution is -0.128. The van der Waals surface area contributed by atoms with E-state index in [2.05, 4.69) is 15.0 Å². The topological polar surface area (TPSA) is 126 Å². The van der Waals surface area contributed by atoms with E-state index in [-0.39, 0.29) is 12.6 Å². The van der Waals surface area contributed by atoms with Crippen molar-refractivity contribution in [2.24, 2.45) is 4.36 Å². The number of rotatable bonds is 6. The Morgan fingerprint density at radius 3 is 2.67 bits per heavy atom. The van der Waals surface area contributed by atoms with Gasteiger partial charge in [-0.2, -0.15) is 12.8 Å². The molecule has 1 saturated heterocycles. The van der Waals surface area contributed by atoms with E-state index in [4.69, 9.17) is 9.47 Å². The van der Waals surface area contributed by atoms with Crippen molar-refractivity contribution in [3.05, 3.63) is 29.8 Å². The summed E-state index contributed by atoms with van der Waals surface area (Å²) in [4.78, 5) is 25.6. The number of ether oxygens (including phenoxy) is 2. The quantitative estimate of drug-likeness (QED) is 0.688. The highest BCUT2D eigenvalue weighted by Crippen LogP contribution is 2.25. The first-order valence-corrected chi connectivity index (χ1v) is 9.26. The average Bonchev–Trinajstić information content (AvgIpc) is 2.68. The zero-order valence-corrected chi connectivity index (χ0v) is 15.9. The minimum Gasteiger partial charge on any atom is -0.497 e. The number of morpholine rings is 1. The maximum absolute atomic E-state index is 12.4. The number of urea groups is 1. The second-order valence-electron chi connectivity index (χ2n) is 5.74. The standard InChI is InChI=1S/C16H22N4O6S/c1-17-16(22)19-15(21)13(9-18-27(23)24)20-7-8-26-14(10-20)11-3-5-12(25-2)6-4-11/h3-6,13-14H,7-10H2,1-2H3,(H2,17,19,21,22). The molecule has 0 bridgehead atoms. The molecule has 0 spiro atoms. The molecular formula is C16H22N4O6S. The Labute approximate surface area is 158 Å². The third-order valence-electron chi connectivity index (χ3n) is 4.15. The van der Waals surface area contributed by atoms with Crippen LogP contribution in [-0.4, -0.2) is 71.7 Å². The number of hydrogen-bond acceptors (Lipinski definition) is 8. The molecule has 1 aromatic carbocycles. The second-order valence-corrected chi connectivity index (χ2v) is 6.43. The molecule has 1 aliphatic rings. The van der Waals surface area contributed by atoms with Gasteiger partial charge in [0.25, 0.3) is 0 Å². The summed E-state index contributed by atoms with van der Waals surface area (Å²) in [5.41, 5.74) is 0.898. The molecule has 0 aliphatic carbocycles. The van der Waals surface area contributed by atoms with E-state index in [0.717, 1.165) is 5.56 Å². The molecule has 1 heterocycles. The van der Waals surface area contributed by atoms with Crippen LogP contribution in [0.25, 0.3) is 0 Å². The number of methoxy groups -OCH3 is 1. The fourth-order valence-electron chi connectivity index (χ4n) is 2.73. The first kappa shape index (κ1) is 20.8. The van der Waals surface area contributed by atoms with E-state index < -0.39 is 28.5 Å². The van der Waals surface area contributed by atoms with Crippen molar-refractivity contribution >= 4 is 22.4 Å². The number of imide groups is 1. The van der Waals surface area contributed by atoms with Gasteiger partial charge >= 0.3 is 16.5 Å². The minimum absolute atomic E-state index is 0.283. The van der Waals surface area contributed by atoms with Crippen LogP contribution in [0.2, 0.25) is 0 Å². The predicted octanol–water partition coefficient (Wildman–Crippen LogP) is -0.0446. The molecule has 1 aliphatic heterocycles. The number of carbonyl (C=O) groups excluding carboxylic acids is 2. The lowest BCUT2D eigenvalue weighted by Gasteiger charge is -2.36. The van der Waals surface area contributed by atoms with Gasteiger partial charge in [0.1, 0.15) is 11.8 Å². The van der Waals surface area contributed by atoms with Crippen molar-refractivity contribution in [2.75, 3.05) is 40.4 Å². The van der Waals surface area contributed by atoms with Gasteiger partial charge in [-0.3, -0.25) is 15.0 Å². The van der Waals surface area contributed by atoms with Crippen LogP contribution in [0.1, 0.15) is 11.7 Å². The number of nitrogens with zero attached hydrogens (tertiary/aromatic N) is 2. The molecule has 27 heavy (non-hydrogen) atoms. The van der Waals surface area contributed by atoms with Crippen molar-refractivity contribution in [2.45, 2.75) is 12.1 Å². The molecule has 3 amide bonds.